The highest BCUT2D eigenvalue weighted by atomic mass is 16.1. The van der Waals surface area contributed by atoms with E-state index in [0.717, 1.165) is 38.4 Å². The molecule has 1 aliphatic heterocycles. The first-order valence-electron chi connectivity index (χ1n) is 4.54. The van der Waals surface area contributed by atoms with Gasteiger partial charge < -0.3 is 10.4 Å². The van der Waals surface area contributed by atoms with Crippen LogP contribution in [0.4, 0.5) is 0 Å². The Labute approximate surface area is 76.1 Å². The molecule has 0 bridgehead atoms. The number of rotatable bonds is 2. The number of piperazine rings is 1. The average molecular weight is 182 g/mol. The fourth-order valence-corrected chi connectivity index (χ4v) is 1.57. The van der Waals surface area contributed by atoms with Gasteiger partial charge in [0.25, 0.3) is 5.56 Å². The Morgan fingerprint density at radius 1 is 1.31 bits per heavy atom. The number of hydrogen-bond donors (Lipinski definition) is 3. The number of H-pyrrole nitrogens is 2. The lowest BCUT2D eigenvalue weighted by molar-refractivity contribution is 0.230. The normalized spacial score (nSPS) is 19.1. The van der Waals surface area contributed by atoms with Gasteiger partial charge >= 0.3 is 0 Å². The molecule has 0 aromatic carbocycles. The molecule has 1 aromatic rings. The number of aromatic amines is 2. The second kappa shape index (κ2) is 3.76. The SMILES string of the molecule is O=c1cc(CN2CCNCC2)[nH][nH]1. The Balaban J connectivity index is 1.93. The van der Waals surface area contributed by atoms with Crippen LogP contribution in [0.1, 0.15) is 5.69 Å². The highest BCUT2D eigenvalue weighted by molar-refractivity contribution is 4.98. The summed E-state index contributed by atoms with van der Waals surface area (Å²) in [5.74, 6) is 0. The largest absolute Gasteiger partial charge is 0.314 e. The second-order valence-electron chi connectivity index (χ2n) is 3.31. The summed E-state index contributed by atoms with van der Waals surface area (Å²) in [4.78, 5) is 13.1. The summed E-state index contributed by atoms with van der Waals surface area (Å²) in [6.07, 6.45) is 0. The average Bonchev–Trinajstić information content (AvgIpc) is 2.53. The maximum Gasteiger partial charge on any atom is 0.264 e. The van der Waals surface area contributed by atoms with Crippen molar-refractivity contribution in [2.45, 2.75) is 6.54 Å². The number of hydrogen-bond acceptors (Lipinski definition) is 3. The lowest BCUT2D eigenvalue weighted by Crippen LogP contribution is -2.42. The number of aromatic nitrogens is 2. The van der Waals surface area contributed by atoms with Crippen LogP contribution in [0.2, 0.25) is 0 Å². The maximum atomic E-state index is 10.8. The van der Waals surface area contributed by atoms with E-state index >= 15 is 0 Å². The van der Waals surface area contributed by atoms with Gasteiger partial charge in [-0.1, -0.05) is 0 Å². The first kappa shape index (κ1) is 8.52. The molecule has 0 atom stereocenters. The lowest BCUT2D eigenvalue weighted by atomic mass is 10.3. The van der Waals surface area contributed by atoms with E-state index in [4.69, 9.17) is 0 Å². The van der Waals surface area contributed by atoms with E-state index in [0.29, 0.717) is 0 Å². The minimum Gasteiger partial charge on any atom is -0.314 e. The molecule has 0 spiro atoms. The van der Waals surface area contributed by atoms with Crippen molar-refractivity contribution in [2.24, 2.45) is 0 Å². The lowest BCUT2D eigenvalue weighted by Gasteiger charge is -2.26. The molecule has 1 saturated heterocycles. The van der Waals surface area contributed by atoms with Crippen molar-refractivity contribution in [3.63, 3.8) is 0 Å². The molecule has 2 heterocycles. The third-order valence-corrected chi connectivity index (χ3v) is 2.26. The van der Waals surface area contributed by atoms with Crippen molar-refractivity contribution < 1.29 is 0 Å². The molecule has 3 N–H and O–H groups in total. The predicted octanol–water partition coefficient (Wildman–Crippen LogP) is -0.892. The van der Waals surface area contributed by atoms with Crippen molar-refractivity contribution in [3.8, 4) is 0 Å². The van der Waals surface area contributed by atoms with Crippen molar-refractivity contribution in [2.75, 3.05) is 26.2 Å². The molecule has 13 heavy (non-hydrogen) atoms. The first-order valence-corrected chi connectivity index (χ1v) is 4.54. The molecule has 0 saturated carbocycles. The van der Waals surface area contributed by atoms with Crippen LogP contribution in [-0.4, -0.2) is 41.3 Å². The minimum atomic E-state index is -0.0508. The van der Waals surface area contributed by atoms with Crippen molar-refractivity contribution in [3.05, 3.63) is 22.1 Å². The molecular weight excluding hydrogens is 168 g/mol. The summed E-state index contributed by atoms with van der Waals surface area (Å²) in [7, 11) is 0. The van der Waals surface area contributed by atoms with Gasteiger partial charge in [0.2, 0.25) is 0 Å². The topological polar surface area (TPSA) is 63.9 Å². The van der Waals surface area contributed by atoms with Crippen LogP contribution in [0.15, 0.2) is 10.9 Å². The van der Waals surface area contributed by atoms with Gasteiger partial charge in [-0.3, -0.25) is 14.8 Å². The smallest absolute Gasteiger partial charge is 0.264 e. The van der Waals surface area contributed by atoms with Gasteiger partial charge in [0, 0.05) is 38.8 Å². The zero-order valence-electron chi connectivity index (χ0n) is 7.47. The molecule has 0 amide bonds. The van der Waals surface area contributed by atoms with Gasteiger partial charge in [-0.05, 0) is 0 Å². The fourth-order valence-electron chi connectivity index (χ4n) is 1.57. The van der Waals surface area contributed by atoms with Crippen LogP contribution in [0.3, 0.4) is 0 Å². The van der Waals surface area contributed by atoms with E-state index in [2.05, 4.69) is 20.4 Å². The van der Waals surface area contributed by atoms with E-state index in [1.807, 2.05) is 0 Å². The van der Waals surface area contributed by atoms with Crippen molar-refractivity contribution >= 4 is 0 Å². The Morgan fingerprint density at radius 3 is 2.69 bits per heavy atom. The van der Waals surface area contributed by atoms with E-state index in [-0.39, 0.29) is 5.56 Å². The van der Waals surface area contributed by atoms with Crippen LogP contribution >= 0.6 is 0 Å². The van der Waals surface area contributed by atoms with E-state index in [1.54, 1.807) is 6.07 Å². The molecule has 5 heteroatoms. The fraction of sp³-hybridized carbons (Fsp3) is 0.625. The predicted molar refractivity (Wildman–Crippen MR) is 49.6 cm³/mol. The van der Waals surface area contributed by atoms with Crippen LogP contribution in [-0.2, 0) is 6.54 Å². The van der Waals surface area contributed by atoms with Gasteiger partial charge in [0.05, 0.1) is 5.69 Å². The molecular formula is C8H14N4O. The van der Waals surface area contributed by atoms with Crippen LogP contribution in [0.5, 0.6) is 0 Å². The first-order chi connectivity index (χ1) is 6.34. The molecule has 0 unspecified atom stereocenters. The van der Waals surface area contributed by atoms with Crippen LogP contribution in [0, 0.1) is 0 Å². The summed E-state index contributed by atoms with van der Waals surface area (Å²) < 4.78 is 0. The number of nitrogens with zero attached hydrogens (tertiary/aromatic N) is 1. The maximum absolute atomic E-state index is 10.8. The molecule has 72 valence electrons. The van der Waals surface area contributed by atoms with E-state index in [1.165, 1.54) is 0 Å². The monoisotopic (exact) mass is 182 g/mol. The molecule has 1 fully saturated rings. The third kappa shape index (κ3) is 2.19. The quantitative estimate of drug-likeness (QED) is 0.556. The van der Waals surface area contributed by atoms with E-state index < -0.39 is 0 Å². The highest BCUT2D eigenvalue weighted by Gasteiger charge is 2.10. The molecule has 0 aliphatic carbocycles. The van der Waals surface area contributed by atoms with Gasteiger partial charge in [0.15, 0.2) is 0 Å². The van der Waals surface area contributed by atoms with E-state index in [9.17, 15) is 4.79 Å². The van der Waals surface area contributed by atoms with Crippen LogP contribution in [0.25, 0.3) is 0 Å². The molecule has 5 nitrogen and oxygen atoms in total. The van der Waals surface area contributed by atoms with Crippen LogP contribution < -0.4 is 10.9 Å². The summed E-state index contributed by atoms with van der Waals surface area (Å²) in [5.41, 5.74) is 0.914. The van der Waals surface area contributed by atoms with Gasteiger partial charge in [-0.15, -0.1) is 0 Å². The third-order valence-electron chi connectivity index (χ3n) is 2.26. The molecule has 1 aliphatic rings. The zero-order valence-corrected chi connectivity index (χ0v) is 7.47. The van der Waals surface area contributed by atoms with Gasteiger partial charge in [0.1, 0.15) is 0 Å². The Hall–Kier alpha value is -1.07. The minimum absolute atomic E-state index is 0.0508. The summed E-state index contributed by atoms with van der Waals surface area (Å²) >= 11 is 0. The molecule has 2 rings (SSSR count). The summed E-state index contributed by atoms with van der Waals surface area (Å²) in [5, 5.41) is 8.67. The molecule has 0 radical (unpaired) electrons. The van der Waals surface area contributed by atoms with Crippen molar-refractivity contribution in [1.29, 1.82) is 0 Å². The Bertz CT molecular complexity index is 310. The summed E-state index contributed by atoms with van der Waals surface area (Å²) in [6.45, 7) is 5.00. The van der Waals surface area contributed by atoms with Gasteiger partial charge in [-0.2, -0.15) is 0 Å². The number of nitrogens with one attached hydrogen (secondary N) is 3. The highest BCUT2D eigenvalue weighted by Crippen LogP contribution is 1.99. The standard InChI is InChI=1S/C8H14N4O/c13-8-5-7(10-11-8)6-12-3-1-9-2-4-12/h5,9H,1-4,6H2,(H2,10,11,13). The summed E-state index contributed by atoms with van der Waals surface area (Å²) in [6, 6.07) is 1.61. The molecule has 1 aromatic heterocycles. The van der Waals surface area contributed by atoms with Crippen molar-refractivity contribution in [1.82, 2.24) is 20.4 Å². The Morgan fingerprint density at radius 2 is 2.08 bits per heavy atom. The van der Waals surface area contributed by atoms with Gasteiger partial charge in [-0.25, -0.2) is 0 Å². The Kier molecular flexibility index (Phi) is 2.47. The second-order valence-corrected chi connectivity index (χ2v) is 3.31. The zero-order chi connectivity index (χ0) is 9.10.